The number of hydrogen-bond acceptors (Lipinski definition) is 6. The monoisotopic (exact) mass is 387 g/mol. The molecule has 0 saturated carbocycles. The minimum Gasteiger partial charge on any atom is -0.484 e. The van der Waals surface area contributed by atoms with Crippen LogP contribution in [-0.2, 0) is 11.3 Å². The van der Waals surface area contributed by atoms with Crippen molar-refractivity contribution in [2.45, 2.75) is 25.3 Å². The Morgan fingerprint density at radius 2 is 2.14 bits per heavy atom. The van der Waals surface area contributed by atoms with E-state index in [9.17, 15) is 9.18 Å². The van der Waals surface area contributed by atoms with Gasteiger partial charge in [-0.25, -0.2) is 14.4 Å². The molecule has 7 nitrogen and oxygen atoms in total. The molecule has 2 heterocycles. The maximum atomic E-state index is 12.9. The average Bonchev–Trinajstić information content (AvgIpc) is 2.73. The minimum atomic E-state index is -0.344. The van der Waals surface area contributed by atoms with Gasteiger partial charge in [-0.1, -0.05) is 0 Å². The minimum absolute atomic E-state index is 0.120. The first-order chi connectivity index (χ1) is 13.5. The highest BCUT2D eigenvalue weighted by Crippen LogP contribution is 2.22. The Hall–Kier alpha value is -2.74. The second kappa shape index (κ2) is 9.45. The quantitative estimate of drug-likeness (QED) is 0.758. The van der Waals surface area contributed by atoms with Crippen molar-refractivity contribution >= 4 is 11.7 Å². The molecule has 1 atom stereocenters. The lowest BCUT2D eigenvalue weighted by Gasteiger charge is -2.23. The summed E-state index contributed by atoms with van der Waals surface area (Å²) in [5.41, 5.74) is 0.776. The zero-order valence-electron chi connectivity index (χ0n) is 16.2. The van der Waals surface area contributed by atoms with Crippen molar-refractivity contribution in [3.8, 4) is 5.75 Å². The van der Waals surface area contributed by atoms with E-state index in [4.69, 9.17) is 4.74 Å². The van der Waals surface area contributed by atoms with Gasteiger partial charge >= 0.3 is 0 Å². The molecule has 2 N–H and O–H groups in total. The lowest BCUT2D eigenvalue weighted by Crippen LogP contribution is -2.32. The fourth-order valence-electron chi connectivity index (χ4n) is 3.10. The first-order valence-electron chi connectivity index (χ1n) is 9.44. The summed E-state index contributed by atoms with van der Waals surface area (Å²) in [5.74, 6) is 1.75. The molecule has 1 aliphatic heterocycles. The van der Waals surface area contributed by atoms with Gasteiger partial charge in [-0.15, -0.1) is 0 Å². The molecule has 0 spiro atoms. The van der Waals surface area contributed by atoms with Gasteiger partial charge in [-0.2, -0.15) is 0 Å². The largest absolute Gasteiger partial charge is 0.484 e. The Bertz CT molecular complexity index is 794. The van der Waals surface area contributed by atoms with E-state index in [0.29, 0.717) is 12.3 Å². The summed E-state index contributed by atoms with van der Waals surface area (Å²) >= 11 is 0. The van der Waals surface area contributed by atoms with Gasteiger partial charge in [0.15, 0.2) is 6.61 Å². The molecule has 1 fully saturated rings. The second-order valence-electron chi connectivity index (χ2n) is 6.89. The molecule has 2 aromatic rings. The van der Waals surface area contributed by atoms with E-state index in [2.05, 4.69) is 20.6 Å². The van der Waals surface area contributed by atoms with Crippen molar-refractivity contribution in [1.29, 1.82) is 0 Å². The molecule has 0 radical (unpaired) electrons. The molecule has 8 heteroatoms. The number of halogens is 1. The van der Waals surface area contributed by atoms with Gasteiger partial charge in [-0.05, 0) is 43.7 Å². The van der Waals surface area contributed by atoms with Crippen LogP contribution in [0.1, 0.15) is 30.3 Å². The Kier molecular flexibility index (Phi) is 6.76. The molecule has 0 aliphatic carbocycles. The van der Waals surface area contributed by atoms with Crippen molar-refractivity contribution in [2.75, 3.05) is 39.1 Å². The summed E-state index contributed by atoms with van der Waals surface area (Å²) in [7, 11) is 3.53. The number of benzene rings is 1. The molecule has 1 aromatic carbocycles. The zero-order valence-corrected chi connectivity index (χ0v) is 16.2. The van der Waals surface area contributed by atoms with Gasteiger partial charge in [0.05, 0.1) is 12.2 Å². The molecule has 150 valence electrons. The molecular weight excluding hydrogens is 361 g/mol. The van der Waals surface area contributed by atoms with Crippen LogP contribution in [-0.4, -0.2) is 54.6 Å². The SMILES string of the molecule is CNc1cc(CN(C)C(=O)COc2ccc(F)cc2)nc(C2CCCNC2)n1. The van der Waals surface area contributed by atoms with Crippen LogP contribution in [0.2, 0.25) is 0 Å². The molecule has 1 aliphatic rings. The third kappa shape index (κ3) is 5.39. The van der Waals surface area contributed by atoms with Crippen LogP contribution in [0.15, 0.2) is 30.3 Å². The summed E-state index contributed by atoms with van der Waals surface area (Å²) < 4.78 is 18.4. The van der Waals surface area contributed by atoms with E-state index >= 15 is 0 Å². The topological polar surface area (TPSA) is 79.4 Å². The number of likely N-dealkylation sites (N-methyl/N-ethyl adjacent to an activating group) is 1. The van der Waals surface area contributed by atoms with E-state index in [1.54, 1.807) is 11.9 Å². The van der Waals surface area contributed by atoms with Crippen LogP contribution < -0.4 is 15.4 Å². The van der Waals surface area contributed by atoms with Crippen molar-refractivity contribution in [2.24, 2.45) is 0 Å². The predicted octanol–water partition coefficient (Wildman–Crippen LogP) is 2.16. The summed E-state index contributed by atoms with van der Waals surface area (Å²) in [5, 5.41) is 6.45. The summed E-state index contributed by atoms with van der Waals surface area (Å²) in [6, 6.07) is 7.44. The number of piperidine rings is 1. The van der Waals surface area contributed by atoms with Gasteiger partial charge in [-0.3, -0.25) is 4.79 Å². The fourth-order valence-corrected chi connectivity index (χ4v) is 3.10. The molecule has 3 rings (SSSR count). The van der Waals surface area contributed by atoms with Gasteiger partial charge in [0, 0.05) is 32.6 Å². The molecule has 28 heavy (non-hydrogen) atoms. The first-order valence-corrected chi connectivity index (χ1v) is 9.44. The lowest BCUT2D eigenvalue weighted by atomic mass is 9.99. The second-order valence-corrected chi connectivity index (χ2v) is 6.89. The normalized spacial score (nSPS) is 16.5. The highest BCUT2D eigenvalue weighted by atomic mass is 19.1. The smallest absolute Gasteiger partial charge is 0.260 e. The van der Waals surface area contributed by atoms with E-state index in [0.717, 1.165) is 43.3 Å². The summed E-state index contributed by atoms with van der Waals surface area (Å²) in [6.07, 6.45) is 2.16. The van der Waals surface area contributed by atoms with Crippen LogP contribution in [0.25, 0.3) is 0 Å². The number of nitrogens with zero attached hydrogens (tertiary/aromatic N) is 3. The van der Waals surface area contributed by atoms with Crippen molar-refractivity contribution < 1.29 is 13.9 Å². The van der Waals surface area contributed by atoms with E-state index in [-0.39, 0.29) is 24.2 Å². The highest BCUT2D eigenvalue weighted by Gasteiger charge is 2.20. The van der Waals surface area contributed by atoms with Gasteiger partial charge in [0.2, 0.25) is 0 Å². The number of nitrogens with one attached hydrogen (secondary N) is 2. The van der Waals surface area contributed by atoms with Crippen molar-refractivity contribution in [3.05, 3.63) is 47.7 Å². The summed E-state index contributed by atoms with van der Waals surface area (Å²) in [6.45, 7) is 2.13. The summed E-state index contributed by atoms with van der Waals surface area (Å²) in [4.78, 5) is 23.2. The van der Waals surface area contributed by atoms with E-state index < -0.39 is 0 Å². The fraction of sp³-hybridized carbons (Fsp3) is 0.450. The number of carbonyl (C=O) groups is 1. The molecule has 1 aromatic heterocycles. The number of ether oxygens (including phenoxy) is 1. The Morgan fingerprint density at radius 1 is 1.36 bits per heavy atom. The average molecular weight is 387 g/mol. The number of anilines is 1. The molecule has 1 saturated heterocycles. The van der Waals surface area contributed by atoms with E-state index in [1.165, 1.54) is 24.3 Å². The molecular formula is C20H26FN5O2. The number of hydrogen-bond donors (Lipinski definition) is 2. The lowest BCUT2D eigenvalue weighted by molar-refractivity contribution is -0.132. The highest BCUT2D eigenvalue weighted by molar-refractivity contribution is 5.77. The standard InChI is InChI=1S/C20H26FN5O2/c1-22-18-10-16(24-20(25-18)14-4-3-9-23-11-14)12-26(2)19(27)13-28-17-7-5-15(21)6-8-17/h5-8,10,14,23H,3-4,9,11-13H2,1-2H3,(H,22,24,25). The van der Waals surface area contributed by atoms with Crippen LogP contribution in [0, 0.1) is 5.82 Å². The third-order valence-electron chi connectivity index (χ3n) is 4.72. The van der Waals surface area contributed by atoms with Crippen LogP contribution in [0.3, 0.4) is 0 Å². The van der Waals surface area contributed by atoms with Crippen LogP contribution in [0.5, 0.6) is 5.75 Å². The zero-order chi connectivity index (χ0) is 19.9. The molecule has 1 unspecified atom stereocenters. The number of amides is 1. The number of aromatic nitrogens is 2. The molecule has 1 amide bonds. The third-order valence-corrected chi connectivity index (χ3v) is 4.72. The maximum Gasteiger partial charge on any atom is 0.260 e. The van der Waals surface area contributed by atoms with Crippen LogP contribution in [0.4, 0.5) is 10.2 Å². The Labute approximate surface area is 164 Å². The van der Waals surface area contributed by atoms with Crippen molar-refractivity contribution in [3.63, 3.8) is 0 Å². The first kappa shape index (κ1) is 20.0. The van der Waals surface area contributed by atoms with E-state index in [1.807, 2.05) is 13.1 Å². The molecule has 0 bridgehead atoms. The van der Waals surface area contributed by atoms with Crippen LogP contribution >= 0.6 is 0 Å². The van der Waals surface area contributed by atoms with Gasteiger partial charge < -0.3 is 20.3 Å². The van der Waals surface area contributed by atoms with Crippen molar-refractivity contribution in [1.82, 2.24) is 20.2 Å². The maximum absolute atomic E-state index is 12.9. The predicted molar refractivity (Wildman–Crippen MR) is 105 cm³/mol. The Balaban J connectivity index is 1.62. The van der Waals surface area contributed by atoms with Gasteiger partial charge in [0.1, 0.15) is 23.2 Å². The number of carbonyl (C=O) groups excluding carboxylic acids is 1. The Morgan fingerprint density at radius 3 is 2.82 bits per heavy atom. The number of rotatable bonds is 7. The van der Waals surface area contributed by atoms with Gasteiger partial charge in [0.25, 0.3) is 5.91 Å².